The molecule has 0 N–H and O–H groups in total. The lowest BCUT2D eigenvalue weighted by atomic mass is 10.1. The monoisotopic (exact) mass is 538 g/mol. The Balaban J connectivity index is 1.55. The molecule has 0 bridgehead atoms. The number of carbonyl (C=O) groups is 2. The van der Waals surface area contributed by atoms with E-state index in [1.54, 1.807) is 23.8 Å². The number of nitrogens with zero attached hydrogens (tertiary/aromatic N) is 2. The summed E-state index contributed by atoms with van der Waals surface area (Å²) in [5.41, 5.74) is 1.80. The van der Waals surface area contributed by atoms with Crippen molar-refractivity contribution in [1.29, 1.82) is 0 Å². The van der Waals surface area contributed by atoms with Gasteiger partial charge in [-0.05, 0) is 36.4 Å². The SMILES string of the molecule is COc1ccc(Br)cc1C1SCCN1C(=O)C1CC(=O)N(c2cccc(Br)c2)C1. The number of hydrogen-bond donors (Lipinski definition) is 0. The van der Waals surface area contributed by atoms with Crippen molar-refractivity contribution in [2.24, 2.45) is 5.92 Å². The Labute approximate surface area is 191 Å². The molecule has 2 aliphatic rings. The quantitative estimate of drug-likeness (QED) is 0.557. The maximum atomic E-state index is 13.4. The molecule has 29 heavy (non-hydrogen) atoms. The van der Waals surface area contributed by atoms with Crippen molar-refractivity contribution < 1.29 is 14.3 Å². The minimum absolute atomic E-state index is 0.00936. The van der Waals surface area contributed by atoms with Crippen LogP contribution in [0.3, 0.4) is 0 Å². The average molecular weight is 540 g/mol. The van der Waals surface area contributed by atoms with Gasteiger partial charge in [0.1, 0.15) is 11.1 Å². The molecule has 0 aromatic heterocycles. The number of ether oxygens (including phenoxy) is 1. The lowest BCUT2D eigenvalue weighted by Crippen LogP contribution is -2.37. The van der Waals surface area contributed by atoms with Gasteiger partial charge in [-0.25, -0.2) is 0 Å². The lowest BCUT2D eigenvalue weighted by Gasteiger charge is -2.28. The van der Waals surface area contributed by atoms with E-state index in [1.165, 1.54) is 0 Å². The van der Waals surface area contributed by atoms with Crippen LogP contribution in [0.5, 0.6) is 5.75 Å². The topological polar surface area (TPSA) is 49.9 Å². The molecule has 8 heteroatoms. The van der Waals surface area contributed by atoms with Crippen LogP contribution in [0.4, 0.5) is 5.69 Å². The molecule has 2 atom stereocenters. The Hall–Kier alpha value is -1.51. The average Bonchev–Trinajstić information content (AvgIpc) is 3.34. The zero-order valence-electron chi connectivity index (χ0n) is 15.8. The van der Waals surface area contributed by atoms with Gasteiger partial charge in [0.25, 0.3) is 0 Å². The van der Waals surface area contributed by atoms with E-state index in [-0.39, 0.29) is 29.5 Å². The molecule has 5 nitrogen and oxygen atoms in total. The Morgan fingerprint density at radius 2 is 1.97 bits per heavy atom. The van der Waals surface area contributed by atoms with Crippen LogP contribution >= 0.6 is 43.6 Å². The molecule has 0 saturated carbocycles. The van der Waals surface area contributed by atoms with Gasteiger partial charge in [0, 0.05) is 45.5 Å². The van der Waals surface area contributed by atoms with Crippen molar-refractivity contribution in [3.63, 3.8) is 0 Å². The minimum Gasteiger partial charge on any atom is -0.496 e. The molecule has 0 aliphatic carbocycles. The second kappa shape index (κ2) is 8.70. The highest BCUT2D eigenvalue weighted by molar-refractivity contribution is 9.10. The molecule has 2 heterocycles. The number of methoxy groups -OCH3 is 1. The first kappa shape index (κ1) is 20.8. The zero-order chi connectivity index (χ0) is 20.5. The predicted molar refractivity (Wildman–Crippen MR) is 122 cm³/mol. The van der Waals surface area contributed by atoms with Crippen LogP contribution in [0.15, 0.2) is 51.4 Å². The summed E-state index contributed by atoms with van der Waals surface area (Å²) in [7, 11) is 1.64. The van der Waals surface area contributed by atoms with Crippen LogP contribution in [0.25, 0.3) is 0 Å². The largest absolute Gasteiger partial charge is 0.496 e. The van der Waals surface area contributed by atoms with Crippen LogP contribution in [-0.4, -0.2) is 42.7 Å². The van der Waals surface area contributed by atoms with Gasteiger partial charge in [-0.1, -0.05) is 37.9 Å². The van der Waals surface area contributed by atoms with Crippen LogP contribution < -0.4 is 9.64 Å². The van der Waals surface area contributed by atoms with Crippen molar-refractivity contribution in [3.8, 4) is 5.75 Å². The molecule has 2 saturated heterocycles. The Bertz CT molecular complexity index is 955. The fraction of sp³-hybridized carbons (Fsp3) is 0.333. The Morgan fingerprint density at radius 3 is 2.72 bits per heavy atom. The number of thioether (sulfide) groups is 1. The standard InChI is InChI=1S/C21H20Br2N2O3S/c1-28-18-6-5-15(23)11-17(18)21-24(7-8-29-21)20(27)13-9-19(26)25(12-13)16-4-2-3-14(22)10-16/h2-6,10-11,13,21H,7-9,12H2,1H3. The van der Waals surface area contributed by atoms with Gasteiger partial charge in [-0.3, -0.25) is 9.59 Å². The minimum atomic E-state index is -0.333. The van der Waals surface area contributed by atoms with Crippen LogP contribution in [0.2, 0.25) is 0 Å². The summed E-state index contributed by atoms with van der Waals surface area (Å²) in [6.45, 7) is 1.09. The maximum absolute atomic E-state index is 13.4. The first-order chi connectivity index (χ1) is 14.0. The molecule has 4 rings (SSSR count). The molecule has 2 fully saturated rings. The molecule has 0 radical (unpaired) electrons. The van der Waals surface area contributed by atoms with Crippen LogP contribution in [-0.2, 0) is 9.59 Å². The van der Waals surface area contributed by atoms with E-state index in [9.17, 15) is 9.59 Å². The van der Waals surface area contributed by atoms with E-state index in [1.807, 2.05) is 47.4 Å². The van der Waals surface area contributed by atoms with Gasteiger partial charge < -0.3 is 14.5 Å². The summed E-state index contributed by atoms with van der Waals surface area (Å²) in [6.07, 6.45) is 0.245. The smallest absolute Gasteiger partial charge is 0.229 e. The third-order valence-corrected chi connectivity index (χ3v) is 7.45. The van der Waals surface area contributed by atoms with Gasteiger partial charge in [0.05, 0.1) is 13.0 Å². The van der Waals surface area contributed by atoms with Gasteiger partial charge in [-0.2, -0.15) is 0 Å². The Morgan fingerprint density at radius 1 is 1.17 bits per heavy atom. The molecule has 2 unspecified atom stereocenters. The van der Waals surface area contributed by atoms with Gasteiger partial charge >= 0.3 is 0 Å². The number of rotatable bonds is 4. The summed E-state index contributed by atoms with van der Waals surface area (Å²) >= 11 is 8.70. The lowest BCUT2D eigenvalue weighted by molar-refractivity contribution is -0.136. The number of hydrogen-bond acceptors (Lipinski definition) is 4. The first-order valence-electron chi connectivity index (χ1n) is 9.29. The summed E-state index contributed by atoms with van der Waals surface area (Å²) < 4.78 is 7.39. The van der Waals surface area contributed by atoms with Crippen LogP contribution in [0.1, 0.15) is 17.4 Å². The van der Waals surface area contributed by atoms with E-state index in [4.69, 9.17) is 4.74 Å². The number of anilines is 1. The van der Waals surface area contributed by atoms with Gasteiger partial charge in [-0.15, -0.1) is 11.8 Å². The van der Waals surface area contributed by atoms with E-state index in [0.29, 0.717) is 13.1 Å². The highest BCUT2D eigenvalue weighted by Crippen LogP contribution is 2.44. The fourth-order valence-corrected chi connectivity index (χ4v) is 5.90. The van der Waals surface area contributed by atoms with E-state index >= 15 is 0 Å². The second-order valence-corrected chi connectivity index (χ2v) is 10.0. The number of benzene rings is 2. The first-order valence-corrected chi connectivity index (χ1v) is 11.9. The summed E-state index contributed by atoms with van der Waals surface area (Å²) in [4.78, 5) is 29.6. The van der Waals surface area contributed by atoms with E-state index < -0.39 is 0 Å². The molecule has 2 aromatic carbocycles. The van der Waals surface area contributed by atoms with Crippen molar-refractivity contribution in [1.82, 2.24) is 4.90 Å². The predicted octanol–water partition coefficient (Wildman–Crippen LogP) is 4.85. The molecule has 2 amide bonds. The van der Waals surface area contributed by atoms with Crippen molar-refractivity contribution in [2.45, 2.75) is 11.8 Å². The fourth-order valence-electron chi connectivity index (χ4n) is 3.85. The molecule has 0 spiro atoms. The van der Waals surface area contributed by atoms with Crippen molar-refractivity contribution in [3.05, 3.63) is 57.0 Å². The van der Waals surface area contributed by atoms with Crippen molar-refractivity contribution in [2.75, 3.05) is 30.9 Å². The summed E-state index contributed by atoms with van der Waals surface area (Å²) in [5.74, 6) is 1.32. The molecular weight excluding hydrogens is 520 g/mol. The van der Waals surface area contributed by atoms with E-state index in [0.717, 1.165) is 31.7 Å². The van der Waals surface area contributed by atoms with Gasteiger partial charge in [0.2, 0.25) is 11.8 Å². The third kappa shape index (κ3) is 4.20. The number of amides is 2. The van der Waals surface area contributed by atoms with Crippen molar-refractivity contribution >= 4 is 61.1 Å². The molecular formula is C21H20Br2N2O3S. The zero-order valence-corrected chi connectivity index (χ0v) is 19.8. The maximum Gasteiger partial charge on any atom is 0.229 e. The Kier molecular flexibility index (Phi) is 6.22. The van der Waals surface area contributed by atoms with Crippen LogP contribution in [0, 0.1) is 5.92 Å². The molecule has 2 aromatic rings. The third-order valence-electron chi connectivity index (χ3n) is 5.23. The molecule has 2 aliphatic heterocycles. The highest BCUT2D eigenvalue weighted by atomic mass is 79.9. The highest BCUT2D eigenvalue weighted by Gasteiger charge is 2.41. The van der Waals surface area contributed by atoms with E-state index in [2.05, 4.69) is 31.9 Å². The number of carbonyl (C=O) groups excluding carboxylic acids is 2. The normalized spacial score (nSPS) is 21.7. The second-order valence-electron chi connectivity index (χ2n) is 7.03. The number of halogens is 2. The molecule has 152 valence electrons. The summed E-state index contributed by atoms with van der Waals surface area (Å²) in [6, 6.07) is 13.5. The van der Waals surface area contributed by atoms with Gasteiger partial charge in [0.15, 0.2) is 0 Å². The summed E-state index contributed by atoms with van der Waals surface area (Å²) in [5, 5.41) is -0.107.